The summed E-state index contributed by atoms with van der Waals surface area (Å²) in [6, 6.07) is 14.0. The van der Waals surface area contributed by atoms with Crippen LogP contribution in [-0.2, 0) is 0 Å². The quantitative estimate of drug-likeness (QED) is 0.731. The Kier molecular flexibility index (Phi) is 3.62. The number of hydrogen-bond acceptors (Lipinski definition) is 4. The number of amides is 1. The van der Waals surface area contributed by atoms with Gasteiger partial charge in [0, 0.05) is 37.8 Å². The molecule has 1 aliphatic carbocycles. The van der Waals surface area contributed by atoms with Crippen molar-refractivity contribution in [1.29, 1.82) is 0 Å². The second-order valence-electron chi connectivity index (χ2n) is 7.08. The average Bonchev–Trinajstić information content (AvgIpc) is 3.47. The monoisotopic (exact) mass is 347 g/mol. The molecule has 1 aliphatic heterocycles. The highest BCUT2D eigenvalue weighted by molar-refractivity contribution is 5.92. The van der Waals surface area contributed by atoms with Gasteiger partial charge in [-0.2, -0.15) is 5.10 Å². The third-order valence-corrected chi connectivity index (χ3v) is 5.24. The van der Waals surface area contributed by atoms with Crippen LogP contribution in [0.3, 0.4) is 0 Å². The maximum Gasteiger partial charge on any atom is 0.274 e. The van der Waals surface area contributed by atoms with Gasteiger partial charge in [0.2, 0.25) is 0 Å². The minimum absolute atomic E-state index is 0.00119. The molecule has 6 nitrogen and oxygen atoms in total. The van der Waals surface area contributed by atoms with Crippen LogP contribution in [-0.4, -0.2) is 51.6 Å². The molecule has 0 atom stereocenters. The molecule has 3 aromatic rings. The van der Waals surface area contributed by atoms with Gasteiger partial charge in [0.15, 0.2) is 5.65 Å². The fourth-order valence-electron chi connectivity index (χ4n) is 3.56. The van der Waals surface area contributed by atoms with Crippen LogP contribution in [0.1, 0.15) is 34.9 Å². The minimum atomic E-state index is 0.00119. The first-order valence-corrected chi connectivity index (χ1v) is 9.23. The van der Waals surface area contributed by atoms with Crippen LogP contribution in [0.2, 0.25) is 0 Å². The molecule has 6 heteroatoms. The van der Waals surface area contributed by atoms with E-state index >= 15 is 0 Å². The highest BCUT2D eigenvalue weighted by atomic mass is 16.2. The van der Waals surface area contributed by atoms with Crippen LogP contribution in [0.4, 0.5) is 5.69 Å². The van der Waals surface area contributed by atoms with Gasteiger partial charge >= 0.3 is 0 Å². The number of piperazine rings is 1. The Hall–Kier alpha value is -2.89. The van der Waals surface area contributed by atoms with Crippen molar-refractivity contribution in [3.63, 3.8) is 0 Å². The van der Waals surface area contributed by atoms with Crippen LogP contribution in [0.25, 0.3) is 5.65 Å². The summed E-state index contributed by atoms with van der Waals surface area (Å²) >= 11 is 0. The van der Waals surface area contributed by atoms with Crippen molar-refractivity contribution >= 4 is 17.2 Å². The molecule has 2 fully saturated rings. The van der Waals surface area contributed by atoms with Crippen LogP contribution < -0.4 is 4.90 Å². The van der Waals surface area contributed by atoms with E-state index in [4.69, 9.17) is 0 Å². The molecule has 5 rings (SSSR count). The van der Waals surface area contributed by atoms with Crippen molar-refractivity contribution in [3.8, 4) is 0 Å². The number of aromatic nitrogens is 3. The Morgan fingerprint density at radius 1 is 0.962 bits per heavy atom. The first kappa shape index (κ1) is 15.4. The van der Waals surface area contributed by atoms with Crippen molar-refractivity contribution in [2.75, 3.05) is 31.1 Å². The molecule has 1 amide bonds. The molecule has 26 heavy (non-hydrogen) atoms. The Morgan fingerprint density at radius 2 is 1.73 bits per heavy atom. The topological polar surface area (TPSA) is 53.7 Å². The summed E-state index contributed by atoms with van der Waals surface area (Å²) in [4.78, 5) is 21.7. The molecule has 132 valence electrons. The predicted octanol–water partition coefficient (Wildman–Crippen LogP) is 2.57. The largest absolute Gasteiger partial charge is 0.368 e. The van der Waals surface area contributed by atoms with Gasteiger partial charge in [0.25, 0.3) is 5.91 Å². The normalized spacial score (nSPS) is 17.7. The smallest absolute Gasteiger partial charge is 0.274 e. The maximum atomic E-state index is 12.9. The van der Waals surface area contributed by atoms with Crippen LogP contribution >= 0.6 is 0 Å². The number of benzene rings is 1. The van der Waals surface area contributed by atoms with E-state index in [9.17, 15) is 4.79 Å². The SMILES string of the molecule is O=C(c1ccc2nc(C3CC3)cn2n1)N1CCN(c2ccccc2)CC1. The number of carbonyl (C=O) groups excluding carboxylic acids is 1. The number of imidazole rings is 1. The van der Waals surface area contributed by atoms with E-state index < -0.39 is 0 Å². The molecule has 2 aromatic heterocycles. The average molecular weight is 347 g/mol. The summed E-state index contributed by atoms with van der Waals surface area (Å²) < 4.78 is 1.75. The first-order chi connectivity index (χ1) is 12.8. The van der Waals surface area contributed by atoms with E-state index in [1.807, 2.05) is 35.4 Å². The van der Waals surface area contributed by atoms with Crippen LogP contribution in [0.15, 0.2) is 48.7 Å². The number of para-hydroxylation sites is 1. The summed E-state index contributed by atoms with van der Waals surface area (Å²) in [5.74, 6) is 0.586. The van der Waals surface area contributed by atoms with E-state index in [1.54, 1.807) is 10.6 Å². The molecule has 1 saturated carbocycles. The minimum Gasteiger partial charge on any atom is -0.368 e. The molecule has 1 aromatic carbocycles. The molecular formula is C20H21N5O. The summed E-state index contributed by atoms with van der Waals surface area (Å²) in [6.07, 6.45) is 4.39. The molecule has 0 radical (unpaired) electrons. The van der Waals surface area contributed by atoms with E-state index in [0.29, 0.717) is 24.7 Å². The molecule has 0 bridgehead atoms. The highest BCUT2D eigenvalue weighted by Gasteiger charge is 2.27. The van der Waals surface area contributed by atoms with Gasteiger partial charge in [-0.3, -0.25) is 4.79 Å². The summed E-state index contributed by atoms with van der Waals surface area (Å²) in [5, 5.41) is 4.51. The third-order valence-electron chi connectivity index (χ3n) is 5.24. The zero-order chi connectivity index (χ0) is 17.5. The zero-order valence-corrected chi connectivity index (χ0v) is 14.6. The Labute approximate surface area is 152 Å². The summed E-state index contributed by atoms with van der Waals surface area (Å²) in [6.45, 7) is 3.11. The van der Waals surface area contributed by atoms with Crippen molar-refractivity contribution in [2.45, 2.75) is 18.8 Å². The second-order valence-corrected chi connectivity index (χ2v) is 7.08. The zero-order valence-electron chi connectivity index (χ0n) is 14.6. The number of nitrogens with zero attached hydrogens (tertiary/aromatic N) is 5. The van der Waals surface area contributed by atoms with Gasteiger partial charge in [0.1, 0.15) is 5.69 Å². The van der Waals surface area contributed by atoms with Gasteiger partial charge in [-0.1, -0.05) is 18.2 Å². The van der Waals surface area contributed by atoms with Gasteiger partial charge < -0.3 is 9.80 Å². The number of anilines is 1. The van der Waals surface area contributed by atoms with E-state index in [2.05, 4.69) is 27.1 Å². The lowest BCUT2D eigenvalue weighted by atomic mass is 10.2. The number of fused-ring (bicyclic) bond motifs is 1. The summed E-state index contributed by atoms with van der Waals surface area (Å²) in [7, 11) is 0. The first-order valence-electron chi connectivity index (χ1n) is 9.23. The van der Waals surface area contributed by atoms with Crippen LogP contribution in [0, 0.1) is 0 Å². The van der Waals surface area contributed by atoms with E-state index in [0.717, 1.165) is 24.4 Å². The van der Waals surface area contributed by atoms with Crippen molar-refractivity contribution in [2.24, 2.45) is 0 Å². The van der Waals surface area contributed by atoms with Gasteiger partial charge in [-0.25, -0.2) is 9.50 Å². The fourth-order valence-corrected chi connectivity index (χ4v) is 3.56. The molecule has 3 heterocycles. The lowest BCUT2D eigenvalue weighted by Gasteiger charge is -2.35. The Morgan fingerprint density at radius 3 is 2.46 bits per heavy atom. The molecule has 1 saturated heterocycles. The number of rotatable bonds is 3. The number of hydrogen-bond donors (Lipinski definition) is 0. The third kappa shape index (κ3) is 2.81. The molecule has 0 unspecified atom stereocenters. The van der Waals surface area contributed by atoms with Crippen LogP contribution in [0.5, 0.6) is 0 Å². The Balaban J connectivity index is 1.30. The van der Waals surface area contributed by atoms with Crippen molar-refractivity contribution < 1.29 is 4.79 Å². The summed E-state index contributed by atoms with van der Waals surface area (Å²) in [5.41, 5.74) is 3.62. The number of carbonyl (C=O) groups is 1. The molecule has 2 aliphatic rings. The van der Waals surface area contributed by atoms with Gasteiger partial charge in [-0.15, -0.1) is 0 Å². The van der Waals surface area contributed by atoms with Gasteiger partial charge in [-0.05, 0) is 37.1 Å². The molecule has 0 spiro atoms. The molecular weight excluding hydrogens is 326 g/mol. The predicted molar refractivity (Wildman–Crippen MR) is 99.5 cm³/mol. The fraction of sp³-hybridized carbons (Fsp3) is 0.350. The lowest BCUT2D eigenvalue weighted by Crippen LogP contribution is -2.49. The maximum absolute atomic E-state index is 12.9. The van der Waals surface area contributed by atoms with Crippen molar-refractivity contribution in [1.82, 2.24) is 19.5 Å². The Bertz CT molecular complexity index is 939. The second kappa shape index (κ2) is 6.12. The molecule has 0 N–H and O–H groups in total. The standard InChI is InChI=1S/C20H21N5O/c26-20(24-12-10-23(11-13-24)16-4-2-1-3-5-16)17-8-9-19-21-18(15-6-7-15)14-25(19)22-17/h1-5,8-9,14-15H,6-7,10-13H2. The van der Waals surface area contributed by atoms with E-state index in [1.165, 1.54) is 18.5 Å². The lowest BCUT2D eigenvalue weighted by molar-refractivity contribution is 0.0739. The highest BCUT2D eigenvalue weighted by Crippen LogP contribution is 2.39. The van der Waals surface area contributed by atoms with Gasteiger partial charge in [0.05, 0.1) is 11.9 Å². The van der Waals surface area contributed by atoms with E-state index in [-0.39, 0.29) is 5.91 Å². The van der Waals surface area contributed by atoms with Crippen molar-refractivity contribution in [3.05, 3.63) is 60.0 Å².